The highest BCUT2D eigenvalue weighted by molar-refractivity contribution is 6.01. The summed E-state index contributed by atoms with van der Waals surface area (Å²) in [6.07, 6.45) is 25.4. The number of carbonyl (C=O) groups is 2. The molecule has 0 aromatic heterocycles. The average Bonchev–Trinajstić information content (AvgIpc) is 2.84. The monoisotopic (exact) mass is 502 g/mol. The van der Waals surface area contributed by atoms with Crippen molar-refractivity contribution >= 4 is 11.9 Å². The van der Waals surface area contributed by atoms with E-state index in [0.29, 0.717) is 0 Å². The molecular formula is C32H54O4. The van der Waals surface area contributed by atoms with E-state index in [-0.39, 0.29) is 11.1 Å². The first-order valence-corrected chi connectivity index (χ1v) is 14.7. The van der Waals surface area contributed by atoms with Crippen molar-refractivity contribution < 1.29 is 19.8 Å². The van der Waals surface area contributed by atoms with E-state index in [1.54, 1.807) is 25.7 Å². The van der Waals surface area contributed by atoms with Gasteiger partial charge in [-0.3, -0.25) is 0 Å². The van der Waals surface area contributed by atoms with Gasteiger partial charge >= 0.3 is 11.9 Å². The van der Waals surface area contributed by atoms with Crippen LogP contribution >= 0.6 is 0 Å². The summed E-state index contributed by atoms with van der Waals surface area (Å²) in [7, 11) is 0. The van der Waals surface area contributed by atoms with E-state index in [1.807, 2.05) is 0 Å². The molecule has 1 aliphatic carbocycles. The highest BCUT2D eigenvalue weighted by atomic mass is 16.4. The van der Waals surface area contributed by atoms with Crippen LogP contribution in [0.3, 0.4) is 0 Å². The molecule has 206 valence electrons. The molecule has 1 aromatic rings. The van der Waals surface area contributed by atoms with E-state index < -0.39 is 11.9 Å². The van der Waals surface area contributed by atoms with Gasteiger partial charge in [-0.15, -0.1) is 0 Å². The summed E-state index contributed by atoms with van der Waals surface area (Å²) >= 11 is 0. The second kappa shape index (κ2) is 18.4. The molecule has 1 aliphatic rings. The van der Waals surface area contributed by atoms with Crippen LogP contribution in [0.1, 0.15) is 158 Å². The van der Waals surface area contributed by atoms with Crippen LogP contribution in [-0.4, -0.2) is 22.2 Å². The third-order valence-corrected chi connectivity index (χ3v) is 7.78. The van der Waals surface area contributed by atoms with Crippen LogP contribution in [0.15, 0.2) is 24.3 Å². The number of carboxylic acids is 2. The van der Waals surface area contributed by atoms with Gasteiger partial charge in [-0.05, 0) is 55.1 Å². The lowest BCUT2D eigenvalue weighted by Crippen LogP contribution is -2.24. The molecule has 4 heteroatoms. The Kier molecular flexibility index (Phi) is 16.5. The predicted molar refractivity (Wildman–Crippen MR) is 151 cm³/mol. The number of unbranched alkanes of at least 4 members (excludes halogenated alkanes) is 6. The van der Waals surface area contributed by atoms with Crippen molar-refractivity contribution in [2.24, 2.45) is 17.3 Å². The van der Waals surface area contributed by atoms with Gasteiger partial charge in [0.2, 0.25) is 0 Å². The third kappa shape index (κ3) is 14.0. The SMILES string of the molecule is CC(C)CCCCCCC1(CCCCCCC(C)C)CCCCC1.O=C(O)c1ccccc1C(=O)O. The normalized spacial score (nSPS) is 14.9. The lowest BCUT2D eigenvalue weighted by Gasteiger charge is -2.38. The van der Waals surface area contributed by atoms with Gasteiger partial charge in [-0.1, -0.05) is 123 Å². The highest BCUT2D eigenvalue weighted by Gasteiger charge is 2.30. The maximum Gasteiger partial charge on any atom is 0.336 e. The molecule has 0 spiro atoms. The first-order valence-electron chi connectivity index (χ1n) is 14.7. The largest absolute Gasteiger partial charge is 0.478 e. The fourth-order valence-corrected chi connectivity index (χ4v) is 5.60. The van der Waals surface area contributed by atoms with Crippen LogP contribution in [0.4, 0.5) is 0 Å². The molecule has 1 fully saturated rings. The van der Waals surface area contributed by atoms with E-state index in [4.69, 9.17) is 10.2 Å². The molecule has 2 N–H and O–H groups in total. The maximum atomic E-state index is 10.5. The van der Waals surface area contributed by atoms with Crippen molar-refractivity contribution in [1.29, 1.82) is 0 Å². The van der Waals surface area contributed by atoms with Crippen LogP contribution in [-0.2, 0) is 0 Å². The van der Waals surface area contributed by atoms with Gasteiger partial charge in [0.05, 0.1) is 11.1 Å². The molecule has 0 saturated heterocycles. The van der Waals surface area contributed by atoms with Gasteiger partial charge in [-0.2, -0.15) is 0 Å². The summed E-state index contributed by atoms with van der Waals surface area (Å²) in [5, 5.41) is 17.1. The van der Waals surface area contributed by atoms with Crippen molar-refractivity contribution in [1.82, 2.24) is 0 Å². The van der Waals surface area contributed by atoms with Crippen molar-refractivity contribution in [2.45, 2.75) is 137 Å². The predicted octanol–water partition coefficient (Wildman–Crippen LogP) is 10.0. The Morgan fingerprint density at radius 3 is 1.42 bits per heavy atom. The summed E-state index contributed by atoms with van der Waals surface area (Å²) in [4.78, 5) is 20.9. The molecule has 1 saturated carbocycles. The smallest absolute Gasteiger partial charge is 0.336 e. The standard InChI is InChI=1S/C24H48.C8H6O4/c1-22(2)16-10-5-7-12-18-24(20-14-9-15-21-24)19-13-8-6-11-17-23(3)4;9-7(10)5-3-1-2-4-6(5)8(11)12/h22-23H,5-21H2,1-4H3;1-4H,(H,9,10)(H,11,12). The quantitative estimate of drug-likeness (QED) is 0.220. The zero-order valence-electron chi connectivity index (χ0n) is 23.7. The second-order valence-corrected chi connectivity index (χ2v) is 11.9. The van der Waals surface area contributed by atoms with Gasteiger partial charge in [0.15, 0.2) is 0 Å². The number of rotatable bonds is 16. The molecule has 1 aromatic carbocycles. The minimum atomic E-state index is -1.23. The molecule has 36 heavy (non-hydrogen) atoms. The van der Waals surface area contributed by atoms with Crippen LogP contribution in [0.25, 0.3) is 0 Å². The maximum absolute atomic E-state index is 10.5. The Balaban J connectivity index is 0.000000450. The molecule has 0 amide bonds. The lowest BCUT2D eigenvalue weighted by atomic mass is 9.68. The summed E-state index contributed by atoms with van der Waals surface area (Å²) in [6, 6.07) is 5.48. The third-order valence-electron chi connectivity index (χ3n) is 7.78. The van der Waals surface area contributed by atoms with Gasteiger partial charge in [0, 0.05) is 0 Å². The number of hydrogen-bond donors (Lipinski definition) is 2. The fraction of sp³-hybridized carbons (Fsp3) is 0.750. The number of hydrogen-bond acceptors (Lipinski definition) is 2. The van der Waals surface area contributed by atoms with E-state index in [1.165, 1.54) is 108 Å². The van der Waals surface area contributed by atoms with Gasteiger partial charge in [0.25, 0.3) is 0 Å². The lowest BCUT2D eigenvalue weighted by molar-refractivity contribution is 0.0651. The minimum Gasteiger partial charge on any atom is -0.478 e. The minimum absolute atomic E-state index is 0.190. The van der Waals surface area contributed by atoms with Crippen molar-refractivity contribution in [3.05, 3.63) is 35.4 Å². The summed E-state index contributed by atoms with van der Waals surface area (Å²) in [5.41, 5.74) is 0.379. The summed E-state index contributed by atoms with van der Waals surface area (Å²) in [6.45, 7) is 9.44. The Morgan fingerprint density at radius 1 is 0.667 bits per heavy atom. The number of aromatic carboxylic acids is 2. The van der Waals surface area contributed by atoms with Crippen LogP contribution in [0.5, 0.6) is 0 Å². The van der Waals surface area contributed by atoms with Crippen molar-refractivity contribution in [2.75, 3.05) is 0 Å². The van der Waals surface area contributed by atoms with Crippen LogP contribution < -0.4 is 0 Å². The average molecular weight is 503 g/mol. The fourth-order valence-electron chi connectivity index (χ4n) is 5.60. The van der Waals surface area contributed by atoms with E-state index in [0.717, 1.165) is 17.3 Å². The van der Waals surface area contributed by atoms with Gasteiger partial charge < -0.3 is 10.2 Å². The molecule has 0 unspecified atom stereocenters. The van der Waals surface area contributed by atoms with Crippen LogP contribution in [0.2, 0.25) is 0 Å². The number of carboxylic acid groups (broad SMARTS) is 2. The first kappa shape index (κ1) is 32.2. The molecule has 0 aliphatic heterocycles. The van der Waals surface area contributed by atoms with E-state index >= 15 is 0 Å². The Labute approximate surface area is 221 Å². The Bertz CT molecular complexity index is 676. The molecule has 4 nitrogen and oxygen atoms in total. The number of benzene rings is 1. The van der Waals surface area contributed by atoms with Crippen molar-refractivity contribution in [3.63, 3.8) is 0 Å². The molecular weight excluding hydrogens is 448 g/mol. The molecule has 0 radical (unpaired) electrons. The van der Waals surface area contributed by atoms with Gasteiger partial charge in [0.1, 0.15) is 0 Å². The molecule has 2 rings (SSSR count). The molecule has 0 atom stereocenters. The zero-order valence-corrected chi connectivity index (χ0v) is 23.7. The topological polar surface area (TPSA) is 74.6 Å². The summed E-state index contributed by atoms with van der Waals surface area (Å²) in [5.74, 6) is -0.670. The second-order valence-electron chi connectivity index (χ2n) is 11.9. The molecule has 0 heterocycles. The Morgan fingerprint density at radius 2 is 1.06 bits per heavy atom. The van der Waals surface area contributed by atoms with Crippen LogP contribution in [0, 0.1) is 17.3 Å². The summed E-state index contributed by atoms with van der Waals surface area (Å²) < 4.78 is 0. The Hall–Kier alpha value is -1.84. The highest BCUT2D eigenvalue weighted by Crippen LogP contribution is 2.44. The van der Waals surface area contributed by atoms with Gasteiger partial charge in [-0.25, -0.2) is 9.59 Å². The first-order chi connectivity index (χ1) is 17.2. The molecule has 0 bridgehead atoms. The van der Waals surface area contributed by atoms with Crippen molar-refractivity contribution in [3.8, 4) is 0 Å². The van der Waals surface area contributed by atoms with E-state index in [2.05, 4.69) is 27.7 Å². The zero-order chi connectivity index (χ0) is 26.8. The van der Waals surface area contributed by atoms with E-state index in [9.17, 15) is 9.59 Å².